The average Bonchev–Trinajstić information content (AvgIpc) is 3.31. The van der Waals surface area contributed by atoms with Gasteiger partial charge in [-0.15, -0.1) is 0 Å². The van der Waals surface area contributed by atoms with Gasteiger partial charge < -0.3 is 15.4 Å². The first-order chi connectivity index (χ1) is 13.0. The summed E-state index contributed by atoms with van der Waals surface area (Å²) < 4.78 is 32.9. The molecule has 1 heterocycles. The molecule has 1 aromatic carbocycles. The molecule has 1 saturated heterocycles. The highest BCUT2D eigenvalue weighted by molar-refractivity contribution is 7.89. The minimum absolute atomic E-state index is 0.146. The summed E-state index contributed by atoms with van der Waals surface area (Å²) in [4.78, 5) is 12.9. The third-order valence-electron chi connectivity index (χ3n) is 6.16. The van der Waals surface area contributed by atoms with E-state index in [0.29, 0.717) is 43.5 Å². The first kappa shape index (κ1) is 18.7. The van der Waals surface area contributed by atoms with E-state index in [-0.39, 0.29) is 16.8 Å². The Balaban J connectivity index is 1.57. The maximum absolute atomic E-state index is 13.1. The van der Waals surface area contributed by atoms with Crippen molar-refractivity contribution in [2.75, 3.05) is 38.7 Å². The molecule has 2 aliphatic carbocycles. The highest BCUT2D eigenvalue weighted by Crippen LogP contribution is 2.44. The van der Waals surface area contributed by atoms with Gasteiger partial charge >= 0.3 is 0 Å². The van der Waals surface area contributed by atoms with E-state index in [1.54, 1.807) is 19.2 Å². The number of rotatable bonds is 5. The van der Waals surface area contributed by atoms with Crippen LogP contribution in [-0.4, -0.2) is 58.0 Å². The second-order valence-electron chi connectivity index (χ2n) is 7.73. The third kappa shape index (κ3) is 3.58. The molecular weight excluding hydrogens is 366 g/mol. The van der Waals surface area contributed by atoms with Crippen LogP contribution in [0.2, 0.25) is 0 Å². The zero-order chi connectivity index (χ0) is 19.0. The molecule has 4 rings (SSSR count). The summed E-state index contributed by atoms with van der Waals surface area (Å²) in [5, 5.41) is 6.07. The van der Waals surface area contributed by atoms with Gasteiger partial charge in [-0.25, -0.2) is 8.42 Å². The molecule has 3 atom stereocenters. The molecular formula is C19H27N3O4S. The Morgan fingerprint density at radius 2 is 1.96 bits per heavy atom. The van der Waals surface area contributed by atoms with E-state index in [9.17, 15) is 13.2 Å². The van der Waals surface area contributed by atoms with Crippen LogP contribution in [0.4, 0.5) is 5.69 Å². The smallest absolute Gasteiger partial charge is 0.251 e. The zero-order valence-corrected chi connectivity index (χ0v) is 16.4. The Kier molecular flexibility index (Phi) is 5.13. The van der Waals surface area contributed by atoms with Gasteiger partial charge in [0.2, 0.25) is 10.0 Å². The number of sulfonamides is 1. The van der Waals surface area contributed by atoms with E-state index in [1.807, 2.05) is 0 Å². The van der Waals surface area contributed by atoms with Crippen molar-refractivity contribution in [3.63, 3.8) is 0 Å². The zero-order valence-electron chi connectivity index (χ0n) is 15.6. The number of carbonyl (C=O) groups is 1. The average molecular weight is 394 g/mol. The molecule has 3 aliphatic rings. The number of nitrogens with one attached hydrogen (secondary N) is 2. The molecule has 0 aromatic heterocycles. The maximum atomic E-state index is 13.1. The van der Waals surface area contributed by atoms with Crippen LogP contribution in [0.15, 0.2) is 23.1 Å². The Labute approximate surface area is 160 Å². The number of fused-ring (bicyclic) bond motifs is 2. The van der Waals surface area contributed by atoms with Crippen molar-refractivity contribution in [3.05, 3.63) is 23.8 Å². The summed E-state index contributed by atoms with van der Waals surface area (Å²) in [6, 6.07) is 5.08. The Hall–Kier alpha value is -1.64. The molecule has 3 fully saturated rings. The monoisotopic (exact) mass is 393 g/mol. The quantitative estimate of drug-likeness (QED) is 0.795. The van der Waals surface area contributed by atoms with Gasteiger partial charge in [0.05, 0.1) is 18.9 Å². The number of anilines is 1. The van der Waals surface area contributed by atoms with Crippen molar-refractivity contribution in [2.24, 2.45) is 11.8 Å². The van der Waals surface area contributed by atoms with Crippen LogP contribution in [-0.2, 0) is 14.8 Å². The number of carbonyl (C=O) groups excluding carboxylic acids is 1. The number of nitrogens with zero attached hydrogens (tertiary/aromatic N) is 1. The fourth-order valence-corrected chi connectivity index (χ4v) is 6.31. The minimum Gasteiger partial charge on any atom is -0.387 e. The van der Waals surface area contributed by atoms with Crippen molar-refractivity contribution in [2.45, 2.75) is 36.6 Å². The van der Waals surface area contributed by atoms with Crippen LogP contribution in [0, 0.1) is 11.8 Å². The summed E-state index contributed by atoms with van der Waals surface area (Å²) in [6.07, 6.45) is 4.71. The van der Waals surface area contributed by atoms with Gasteiger partial charge in [-0.05, 0) is 49.3 Å². The molecule has 148 valence electrons. The fourth-order valence-electron chi connectivity index (χ4n) is 4.68. The van der Waals surface area contributed by atoms with Crippen LogP contribution in [0.1, 0.15) is 36.0 Å². The number of hydrogen-bond acceptors (Lipinski definition) is 5. The van der Waals surface area contributed by atoms with Gasteiger partial charge in [-0.2, -0.15) is 4.31 Å². The number of morpholine rings is 1. The van der Waals surface area contributed by atoms with Gasteiger partial charge in [0, 0.05) is 31.7 Å². The predicted molar refractivity (Wildman–Crippen MR) is 102 cm³/mol. The Bertz CT molecular complexity index is 820. The van der Waals surface area contributed by atoms with Gasteiger partial charge in [0.1, 0.15) is 4.90 Å². The lowest BCUT2D eigenvalue weighted by Gasteiger charge is -2.27. The minimum atomic E-state index is -3.69. The van der Waals surface area contributed by atoms with Crippen LogP contribution in [0.5, 0.6) is 0 Å². The highest BCUT2D eigenvalue weighted by Gasteiger charge is 2.40. The molecule has 1 amide bonds. The third-order valence-corrected chi connectivity index (χ3v) is 8.09. The second-order valence-corrected chi connectivity index (χ2v) is 9.64. The van der Waals surface area contributed by atoms with E-state index in [4.69, 9.17) is 4.74 Å². The van der Waals surface area contributed by atoms with E-state index in [0.717, 1.165) is 12.3 Å². The number of hydrogen-bond donors (Lipinski definition) is 2. The molecule has 0 radical (unpaired) electrons. The summed E-state index contributed by atoms with van der Waals surface area (Å²) in [6.45, 7) is 1.43. The lowest BCUT2D eigenvalue weighted by Crippen LogP contribution is -2.41. The van der Waals surface area contributed by atoms with Gasteiger partial charge in [0.25, 0.3) is 5.91 Å². The SMILES string of the molecule is CNc1ccc(C(=O)N[C@@H]2CC3CCC2C3)cc1S(=O)(=O)N1CCOCC1. The largest absolute Gasteiger partial charge is 0.387 e. The van der Waals surface area contributed by atoms with Gasteiger partial charge in [0.15, 0.2) is 0 Å². The maximum Gasteiger partial charge on any atom is 0.251 e. The van der Waals surface area contributed by atoms with Crippen LogP contribution >= 0.6 is 0 Å². The van der Waals surface area contributed by atoms with E-state index < -0.39 is 10.0 Å². The molecule has 7 nitrogen and oxygen atoms in total. The summed E-state index contributed by atoms with van der Waals surface area (Å²) in [5.41, 5.74) is 0.890. The first-order valence-corrected chi connectivity index (χ1v) is 11.1. The lowest BCUT2D eigenvalue weighted by molar-refractivity contribution is 0.0730. The molecule has 1 aromatic rings. The van der Waals surface area contributed by atoms with Gasteiger partial charge in [-0.3, -0.25) is 4.79 Å². The predicted octanol–water partition coefficient (Wildman–Crippen LogP) is 1.67. The van der Waals surface area contributed by atoms with Gasteiger partial charge in [-0.1, -0.05) is 6.42 Å². The number of benzene rings is 1. The van der Waals surface area contributed by atoms with Crippen LogP contribution < -0.4 is 10.6 Å². The van der Waals surface area contributed by atoms with Crippen LogP contribution in [0.25, 0.3) is 0 Å². The molecule has 8 heteroatoms. The van der Waals surface area contributed by atoms with Crippen LogP contribution in [0.3, 0.4) is 0 Å². The first-order valence-electron chi connectivity index (χ1n) is 9.69. The van der Waals surface area contributed by atoms with Crippen molar-refractivity contribution in [1.29, 1.82) is 0 Å². The molecule has 2 saturated carbocycles. The van der Waals surface area contributed by atoms with Crippen molar-refractivity contribution in [3.8, 4) is 0 Å². The molecule has 2 unspecified atom stereocenters. The summed E-state index contributed by atoms with van der Waals surface area (Å²) in [7, 11) is -2.00. The normalized spacial score (nSPS) is 28.3. The highest BCUT2D eigenvalue weighted by atomic mass is 32.2. The summed E-state index contributed by atoms with van der Waals surface area (Å²) in [5.74, 6) is 1.13. The lowest BCUT2D eigenvalue weighted by atomic mass is 9.95. The summed E-state index contributed by atoms with van der Waals surface area (Å²) >= 11 is 0. The molecule has 27 heavy (non-hydrogen) atoms. The Morgan fingerprint density at radius 1 is 1.19 bits per heavy atom. The van der Waals surface area contributed by atoms with E-state index in [1.165, 1.54) is 29.6 Å². The van der Waals surface area contributed by atoms with E-state index in [2.05, 4.69) is 10.6 Å². The van der Waals surface area contributed by atoms with Crippen molar-refractivity contribution in [1.82, 2.24) is 9.62 Å². The Morgan fingerprint density at radius 3 is 2.59 bits per heavy atom. The van der Waals surface area contributed by atoms with Crippen molar-refractivity contribution >= 4 is 21.6 Å². The molecule has 2 bridgehead atoms. The fraction of sp³-hybridized carbons (Fsp3) is 0.632. The topological polar surface area (TPSA) is 87.7 Å². The second kappa shape index (κ2) is 7.41. The standard InChI is InChI=1S/C19H27N3O4S/c1-20-16-5-4-15(19(23)21-17-11-13-2-3-14(17)10-13)12-18(16)27(24,25)22-6-8-26-9-7-22/h4-5,12-14,17,20H,2-3,6-11H2,1H3,(H,21,23)/t13?,14?,17-/m1/s1. The number of amides is 1. The molecule has 0 spiro atoms. The molecule has 1 aliphatic heterocycles. The molecule has 2 N–H and O–H groups in total. The van der Waals surface area contributed by atoms with E-state index >= 15 is 0 Å². The van der Waals surface area contributed by atoms with Crippen molar-refractivity contribution < 1.29 is 17.9 Å². The number of ether oxygens (including phenoxy) is 1.